The monoisotopic (exact) mass is 270 g/mol. The third-order valence-corrected chi connectivity index (χ3v) is 3.77. The molecule has 0 fully saturated rings. The van der Waals surface area contributed by atoms with Gasteiger partial charge >= 0.3 is 0 Å². The Labute approximate surface area is 117 Å². The maximum Gasteiger partial charge on any atom is 0.252 e. The minimum atomic E-state index is -0.123. The van der Waals surface area contributed by atoms with E-state index in [-0.39, 0.29) is 11.6 Å². The minimum absolute atomic E-state index is 0.123. The van der Waals surface area contributed by atoms with E-state index in [0.29, 0.717) is 18.2 Å². The molecule has 2 aromatic rings. The van der Waals surface area contributed by atoms with Crippen LogP contribution in [-0.4, -0.2) is 22.6 Å². The van der Waals surface area contributed by atoms with Crippen molar-refractivity contribution in [3.05, 3.63) is 57.6 Å². The molecule has 2 heterocycles. The van der Waals surface area contributed by atoms with Gasteiger partial charge in [-0.05, 0) is 24.5 Å². The van der Waals surface area contributed by atoms with Gasteiger partial charge in [0, 0.05) is 25.2 Å². The van der Waals surface area contributed by atoms with Crippen LogP contribution >= 0.6 is 0 Å². The van der Waals surface area contributed by atoms with E-state index in [2.05, 4.69) is 33.1 Å². The van der Waals surface area contributed by atoms with Crippen LogP contribution in [0.25, 0.3) is 0 Å². The molecule has 1 aliphatic rings. The topological polar surface area (TPSA) is 75.0 Å². The fraction of sp³-hybridized carbons (Fsp3) is 0.333. The van der Waals surface area contributed by atoms with Crippen molar-refractivity contribution >= 4 is 5.82 Å². The first-order valence-electron chi connectivity index (χ1n) is 6.79. The van der Waals surface area contributed by atoms with Crippen LogP contribution in [0.4, 0.5) is 5.82 Å². The van der Waals surface area contributed by atoms with E-state index >= 15 is 0 Å². The van der Waals surface area contributed by atoms with Crippen molar-refractivity contribution in [1.82, 2.24) is 9.97 Å². The van der Waals surface area contributed by atoms with Gasteiger partial charge in [0.25, 0.3) is 5.56 Å². The van der Waals surface area contributed by atoms with Gasteiger partial charge in [0.05, 0.1) is 0 Å². The third-order valence-electron chi connectivity index (χ3n) is 3.77. The van der Waals surface area contributed by atoms with Crippen molar-refractivity contribution in [3.63, 3.8) is 0 Å². The lowest BCUT2D eigenvalue weighted by atomic mass is 9.94. The Morgan fingerprint density at radius 3 is 2.85 bits per heavy atom. The second-order valence-electron chi connectivity index (χ2n) is 5.18. The highest BCUT2D eigenvalue weighted by Crippen LogP contribution is 2.26. The van der Waals surface area contributed by atoms with Crippen molar-refractivity contribution in [1.29, 1.82) is 0 Å². The molecule has 1 aromatic carbocycles. The van der Waals surface area contributed by atoms with Gasteiger partial charge < -0.3 is 15.6 Å². The largest absolute Gasteiger partial charge is 0.347 e. The number of hydrogen-bond acceptors (Lipinski definition) is 4. The number of hydrogen-bond donors (Lipinski definition) is 2. The minimum Gasteiger partial charge on any atom is -0.347 e. The zero-order valence-corrected chi connectivity index (χ0v) is 11.5. The molecule has 5 nitrogen and oxygen atoms in total. The van der Waals surface area contributed by atoms with E-state index in [1.165, 1.54) is 11.1 Å². The summed E-state index contributed by atoms with van der Waals surface area (Å²) in [5.74, 6) is 1.33. The Morgan fingerprint density at radius 1 is 1.40 bits per heavy atom. The molecular formula is C15H18N4O. The van der Waals surface area contributed by atoms with E-state index in [4.69, 9.17) is 5.73 Å². The van der Waals surface area contributed by atoms with Gasteiger partial charge in [-0.2, -0.15) is 0 Å². The lowest BCUT2D eigenvalue weighted by molar-refractivity contribution is 0.554. The van der Waals surface area contributed by atoms with Gasteiger partial charge in [-0.15, -0.1) is 0 Å². The second-order valence-corrected chi connectivity index (χ2v) is 5.18. The predicted molar refractivity (Wildman–Crippen MR) is 78.8 cm³/mol. The Morgan fingerprint density at radius 2 is 2.15 bits per heavy atom. The van der Waals surface area contributed by atoms with Crippen LogP contribution in [0.2, 0.25) is 0 Å². The molecule has 3 N–H and O–H groups in total. The van der Waals surface area contributed by atoms with Crippen molar-refractivity contribution in [3.8, 4) is 0 Å². The van der Waals surface area contributed by atoms with Crippen molar-refractivity contribution < 1.29 is 0 Å². The first-order valence-corrected chi connectivity index (χ1v) is 6.79. The highest BCUT2D eigenvalue weighted by atomic mass is 16.1. The molecule has 0 bridgehead atoms. The van der Waals surface area contributed by atoms with Gasteiger partial charge in [0.15, 0.2) is 0 Å². The zero-order chi connectivity index (χ0) is 14.1. The number of aryl methyl sites for hydroxylation is 1. The number of aromatic amines is 1. The van der Waals surface area contributed by atoms with Crippen LogP contribution in [0, 0.1) is 6.92 Å². The van der Waals surface area contributed by atoms with Crippen LogP contribution in [0.1, 0.15) is 17.0 Å². The molecule has 1 atom stereocenters. The molecule has 1 aromatic heterocycles. The number of anilines is 1. The van der Waals surface area contributed by atoms with Crippen molar-refractivity contribution in [2.75, 3.05) is 11.4 Å². The fourth-order valence-corrected chi connectivity index (χ4v) is 2.78. The first-order chi connectivity index (χ1) is 9.67. The maximum atomic E-state index is 11.6. The molecule has 0 amide bonds. The number of fused-ring (bicyclic) bond motifs is 1. The number of H-pyrrole nitrogens is 1. The van der Waals surface area contributed by atoms with Gasteiger partial charge in [0.1, 0.15) is 11.6 Å². The SMILES string of the molecule is Cc1nc(N2Cc3ccccc3CC2CN)cc(=O)[nH]1. The summed E-state index contributed by atoms with van der Waals surface area (Å²) in [6.07, 6.45) is 0.889. The molecule has 0 saturated heterocycles. The maximum absolute atomic E-state index is 11.6. The molecule has 5 heteroatoms. The zero-order valence-electron chi connectivity index (χ0n) is 11.5. The number of nitrogens with zero attached hydrogens (tertiary/aromatic N) is 2. The summed E-state index contributed by atoms with van der Waals surface area (Å²) in [5.41, 5.74) is 8.39. The lowest BCUT2D eigenvalue weighted by Gasteiger charge is -2.37. The fourth-order valence-electron chi connectivity index (χ4n) is 2.78. The number of nitrogens with two attached hydrogens (primary N) is 1. The summed E-state index contributed by atoms with van der Waals surface area (Å²) in [6.45, 7) is 3.08. The predicted octanol–water partition coefficient (Wildman–Crippen LogP) is 0.968. The Balaban J connectivity index is 2.02. The summed E-state index contributed by atoms with van der Waals surface area (Å²) in [5, 5.41) is 0. The smallest absolute Gasteiger partial charge is 0.252 e. The summed E-state index contributed by atoms with van der Waals surface area (Å²) in [4.78, 5) is 20.9. The number of rotatable bonds is 2. The highest BCUT2D eigenvalue weighted by Gasteiger charge is 2.26. The molecule has 1 unspecified atom stereocenters. The van der Waals surface area contributed by atoms with Gasteiger partial charge in [-0.3, -0.25) is 4.79 Å². The quantitative estimate of drug-likeness (QED) is 0.852. The molecular weight excluding hydrogens is 252 g/mol. The average molecular weight is 270 g/mol. The lowest BCUT2D eigenvalue weighted by Crippen LogP contribution is -2.46. The Bertz CT molecular complexity index is 680. The van der Waals surface area contributed by atoms with Crippen LogP contribution < -0.4 is 16.2 Å². The standard InChI is InChI=1S/C15H18N4O/c1-10-17-14(7-15(20)18-10)19-9-12-5-3-2-4-11(12)6-13(19)8-16/h2-5,7,13H,6,8-9,16H2,1H3,(H,17,18,20). The van der Waals surface area contributed by atoms with E-state index < -0.39 is 0 Å². The van der Waals surface area contributed by atoms with Gasteiger partial charge in [0.2, 0.25) is 0 Å². The van der Waals surface area contributed by atoms with Gasteiger partial charge in [-0.25, -0.2) is 4.98 Å². The van der Waals surface area contributed by atoms with E-state index in [1.54, 1.807) is 13.0 Å². The van der Waals surface area contributed by atoms with Crippen molar-refractivity contribution in [2.45, 2.75) is 25.9 Å². The third kappa shape index (κ3) is 2.32. The van der Waals surface area contributed by atoms with Crippen LogP contribution in [0.5, 0.6) is 0 Å². The molecule has 0 spiro atoms. The van der Waals surface area contributed by atoms with Gasteiger partial charge in [-0.1, -0.05) is 24.3 Å². The van der Waals surface area contributed by atoms with E-state index in [9.17, 15) is 4.79 Å². The molecule has 3 rings (SSSR count). The summed E-state index contributed by atoms with van der Waals surface area (Å²) in [7, 11) is 0. The number of aromatic nitrogens is 2. The van der Waals surface area contributed by atoms with E-state index in [0.717, 1.165) is 13.0 Å². The van der Waals surface area contributed by atoms with E-state index in [1.807, 2.05) is 6.07 Å². The molecule has 1 aliphatic heterocycles. The summed E-state index contributed by atoms with van der Waals surface area (Å²) in [6, 6.07) is 10.1. The summed E-state index contributed by atoms with van der Waals surface area (Å²) < 4.78 is 0. The molecule has 0 aliphatic carbocycles. The average Bonchev–Trinajstić information content (AvgIpc) is 2.44. The summed E-state index contributed by atoms with van der Waals surface area (Å²) >= 11 is 0. The van der Waals surface area contributed by atoms with Crippen LogP contribution in [0.3, 0.4) is 0 Å². The molecule has 20 heavy (non-hydrogen) atoms. The Hall–Kier alpha value is -2.14. The second kappa shape index (κ2) is 5.09. The molecule has 0 radical (unpaired) electrons. The number of benzene rings is 1. The van der Waals surface area contributed by atoms with Crippen LogP contribution in [-0.2, 0) is 13.0 Å². The molecule has 104 valence electrons. The Kier molecular flexibility index (Phi) is 3.28. The molecule has 0 saturated carbocycles. The number of nitrogens with one attached hydrogen (secondary N) is 1. The normalized spacial score (nSPS) is 17.9. The first kappa shape index (κ1) is 12.9. The highest BCUT2D eigenvalue weighted by molar-refractivity contribution is 5.45. The van der Waals surface area contributed by atoms with Crippen LogP contribution in [0.15, 0.2) is 35.1 Å². The van der Waals surface area contributed by atoms with Crippen molar-refractivity contribution in [2.24, 2.45) is 5.73 Å².